The van der Waals surface area contributed by atoms with E-state index < -0.39 is 0 Å². The van der Waals surface area contributed by atoms with E-state index in [2.05, 4.69) is 22.2 Å². The number of aromatic amines is 1. The van der Waals surface area contributed by atoms with Gasteiger partial charge in [0.05, 0.1) is 6.10 Å². The van der Waals surface area contributed by atoms with Crippen LogP contribution in [-0.4, -0.2) is 40.0 Å². The van der Waals surface area contributed by atoms with Crippen molar-refractivity contribution in [3.8, 4) is 0 Å². The number of aromatic nitrogens is 2. The van der Waals surface area contributed by atoms with Gasteiger partial charge in [0.2, 0.25) is 0 Å². The van der Waals surface area contributed by atoms with Gasteiger partial charge in [-0.25, -0.2) is 4.98 Å². The molecule has 3 N–H and O–H groups in total. The van der Waals surface area contributed by atoms with Crippen molar-refractivity contribution < 1.29 is 5.11 Å². The molecule has 0 aromatic carbocycles. The molecule has 1 unspecified atom stereocenters. The lowest BCUT2D eigenvalue weighted by Gasteiger charge is -2.09. The molecule has 4 nitrogen and oxygen atoms in total. The van der Waals surface area contributed by atoms with Crippen molar-refractivity contribution in [1.29, 1.82) is 0 Å². The fourth-order valence-electron chi connectivity index (χ4n) is 1.01. The molecule has 1 aromatic heterocycles. The highest BCUT2D eigenvalue weighted by molar-refractivity contribution is 7.99. The molecule has 1 heterocycles. The van der Waals surface area contributed by atoms with Crippen molar-refractivity contribution in [3.63, 3.8) is 0 Å². The summed E-state index contributed by atoms with van der Waals surface area (Å²) in [5, 5.41) is 13.6. The Labute approximate surface area is 88.5 Å². The number of nitrogens with one attached hydrogen (secondary N) is 2. The monoisotopic (exact) mass is 215 g/mol. The third-order valence-electron chi connectivity index (χ3n) is 1.69. The van der Waals surface area contributed by atoms with Gasteiger partial charge in [-0.15, -0.1) is 0 Å². The maximum Gasteiger partial charge on any atom is 0.165 e. The molecule has 1 atom stereocenters. The zero-order chi connectivity index (χ0) is 10.2. The van der Waals surface area contributed by atoms with Gasteiger partial charge in [-0.05, 0) is 13.0 Å². The molecule has 0 spiro atoms. The van der Waals surface area contributed by atoms with Crippen LogP contribution in [0.1, 0.15) is 13.3 Å². The van der Waals surface area contributed by atoms with Gasteiger partial charge in [-0.2, -0.15) is 0 Å². The minimum Gasteiger partial charge on any atom is -0.391 e. The van der Waals surface area contributed by atoms with Crippen LogP contribution in [0, 0.1) is 0 Å². The lowest BCUT2D eigenvalue weighted by atomic mass is 10.4. The Kier molecular flexibility index (Phi) is 5.66. The Morgan fingerprint density at radius 2 is 2.57 bits per heavy atom. The first-order valence-electron chi connectivity index (χ1n) is 4.84. The molecular formula is C9H17N3OS. The van der Waals surface area contributed by atoms with E-state index in [1.807, 2.05) is 0 Å². The van der Waals surface area contributed by atoms with Crippen LogP contribution in [0.15, 0.2) is 17.6 Å². The Balaban J connectivity index is 2.06. The molecular weight excluding hydrogens is 198 g/mol. The zero-order valence-corrected chi connectivity index (χ0v) is 9.18. The second kappa shape index (κ2) is 6.86. The number of thioether (sulfide) groups is 1. The van der Waals surface area contributed by atoms with Crippen molar-refractivity contribution in [2.24, 2.45) is 0 Å². The Morgan fingerprint density at radius 1 is 1.71 bits per heavy atom. The van der Waals surface area contributed by atoms with Crippen LogP contribution >= 0.6 is 11.8 Å². The summed E-state index contributed by atoms with van der Waals surface area (Å²) >= 11 is 1.54. The second-order valence-electron chi connectivity index (χ2n) is 3.06. The molecule has 1 aromatic rings. The first kappa shape index (κ1) is 11.6. The molecule has 0 amide bonds. The van der Waals surface area contributed by atoms with Gasteiger partial charge in [0, 0.05) is 24.7 Å². The van der Waals surface area contributed by atoms with E-state index in [4.69, 9.17) is 0 Å². The maximum absolute atomic E-state index is 9.55. The van der Waals surface area contributed by atoms with Crippen LogP contribution in [0.3, 0.4) is 0 Å². The van der Waals surface area contributed by atoms with Crippen molar-refractivity contribution in [1.82, 2.24) is 15.3 Å². The van der Waals surface area contributed by atoms with E-state index >= 15 is 0 Å². The van der Waals surface area contributed by atoms with E-state index in [0.717, 1.165) is 18.1 Å². The molecule has 0 saturated carbocycles. The predicted octanol–water partition coefficient (Wildman–Crippen LogP) is 0.862. The summed E-state index contributed by atoms with van der Waals surface area (Å²) in [5.41, 5.74) is 0. The molecule has 5 heteroatoms. The van der Waals surface area contributed by atoms with Crippen LogP contribution in [0.2, 0.25) is 0 Å². The summed E-state index contributed by atoms with van der Waals surface area (Å²) in [7, 11) is 0. The number of hydrogen-bond acceptors (Lipinski definition) is 4. The smallest absolute Gasteiger partial charge is 0.165 e. The molecule has 80 valence electrons. The summed E-state index contributed by atoms with van der Waals surface area (Å²) in [4.78, 5) is 7.04. The minimum atomic E-state index is -0.309. The molecule has 0 aliphatic heterocycles. The van der Waals surface area contributed by atoms with Crippen molar-refractivity contribution in [2.75, 3.05) is 18.8 Å². The number of H-pyrrole nitrogens is 1. The molecule has 0 fully saturated rings. The van der Waals surface area contributed by atoms with Gasteiger partial charge >= 0.3 is 0 Å². The van der Waals surface area contributed by atoms with Crippen LogP contribution in [0.25, 0.3) is 0 Å². The van der Waals surface area contributed by atoms with E-state index in [-0.39, 0.29) is 6.10 Å². The zero-order valence-electron chi connectivity index (χ0n) is 8.36. The molecule has 0 saturated heterocycles. The Bertz CT molecular complexity index is 228. The molecule has 0 bridgehead atoms. The SMILES string of the molecule is CCCNCC(O)CSc1ncc[nH]1. The normalized spacial score (nSPS) is 13.0. The van der Waals surface area contributed by atoms with Gasteiger partial charge in [0.15, 0.2) is 5.16 Å². The first-order valence-corrected chi connectivity index (χ1v) is 5.82. The molecule has 0 radical (unpaired) electrons. The second-order valence-corrected chi connectivity index (χ2v) is 4.07. The average molecular weight is 215 g/mol. The van der Waals surface area contributed by atoms with Crippen molar-refractivity contribution in [3.05, 3.63) is 12.4 Å². The number of hydrogen-bond donors (Lipinski definition) is 3. The van der Waals surface area contributed by atoms with E-state index in [1.54, 1.807) is 12.4 Å². The van der Waals surface area contributed by atoms with Gasteiger partial charge < -0.3 is 15.4 Å². The van der Waals surface area contributed by atoms with Crippen LogP contribution in [0.5, 0.6) is 0 Å². The standard InChI is InChI=1S/C9H17N3OS/c1-2-3-10-6-8(13)7-14-9-11-4-5-12-9/h4-5,8,10,13H,2-3,6-7H2,1H3,(H,11,12). The average Bonchev–Trinajstić information content (AvgIpc) is 2.68. The van der Waals surface area contributed by atoms with E-state index in [1.165, 1.54) is 11.8 Å². The summed E-state index contributed by atoms with van der Waals surface area (Å²) in [6.07, 6.45) is 4.28. The minimum absolute atomic E-state index is 0.309. The van der Waals surface area contributed by atoms with Crippen LogP contribution < -0.4 is 5.32 Å². The highest BCUT2D eigenvalue weighted by atomic mass is 32.2. The third kappa shape index (κ3) is 4.64. The van der Waals surface area contributed by atoms with Gasteiger partial charge in [0.25, 0.3) is 0 Å². The van der Waals surface area contributed by atoms with Crippen LogP contribution in [0.4, 0.5) is 0 Å². The van der Waals surface area contributed by atoms with Crippen molar-refractivity contribution >= 4 is 11.8 Å². The number of aliphatic hydroxyl groups excluding tert-OH is 1. The lowest BCUT2D eigenvalue weighted by Crippen LogP contribution is -2.28. The molecule has 0 aliphatic rings. The summed E-state index contributed by atoms with van der Waals surface area (Å²) in [6.45, 7) is 3.72. The fourth-order valence-corrected chi connectivity index (χ4v) is 1.76. The summed E-state index contributed by atoms with van der Waals surface area (Å²) in [5.74, 6) is 0.671. The molecule has 0 aliphatic carbocycles. The fraction of sp³-hybridized carbons (Fsp3) is 0.667. The number of aliphatic hydroxyl groups is 1. The maximum atomic E-state index is 9.55. The lowest BCUT2D eigenvalue weighted by molar-refractivity contribution is 0.196. The highest BCUT2D eigenvalue weighted by Crippen LogP contribution is 2.12. The van der Waals surface area contributed by atoms with Gasteiger partial charge in [-0.1, -0.05) is 18.7 Å². The first-order chi connectivity index (χ1) is 6.83. The highest BCUT2D eigenvalue weighted by Gasteiger charge is 2.04. The Hall–Kier alpha value is -0.520. The number of rotatable bonds is 7. The predicted molar refractivity (Wildman–Crippen MR) is 58.5 cm³/mol. The summed E-state index contributed by atoms with van der Waals surface area (Å²) < 4.78 is 0. The quantitative estimate of drug-likeness (QED) is 0.466. The van der Waals surface area contributed by atoms with Crippen molar-refractivity contribution in [2.45, 2.75) is 24.6 Å². The number of nitrogens with zero attached hydrogens (tertiary/aromatic N) is 1. The number of imidazole rings is 1. The molecule has 1 rings (SSSR count). The summed E-state index contributed by atoms with van der Waals surface area (Å²) in [6, 6.07) is 0. The topological polar surface area (TPSA) is 60.9 Å². The van der Waals surface area contributed by atoms with E-state index in [9.17, 15) is 5.11 Å². The van der Waals surface area contributed by atoms with E-state index in [0.29, 0.717) is 12.3 Å². The van der Waals surface area contributed by atoms with Gasteiger partial charge in [0.1, 0.15) is 0 Å². The Morgan fingerprint density at radius 3 is 3.21 bits per heavy atom. The molecule has 14 heavy (non-hydrogen) atoms. The third-order valence-corrected chi connectivity index (χ3v) is 2.74. The van der Waals surface area contributed by atoms with Gasteiger partial charge in [-0.3, -0.25) is 0 Å². The van der Waals surface area contributed by atoms with Crippen LogP contribution in [-0.2, 0) is 0 Å². The largest absolute Gasteiger partial charge is 0.391 e.